The van der Waals surface area contributed by atoms with Crippen LogP contribution >= 0.6 is 0 Å². The third kappa shape index (κ3) is 3.73. The summed E-state index contributed by atoms with van der Waals surface area (Å²) in [5.74, 6) is -0.260. The summed E-state index contributed by atoms with van der Waals surface area (Å²) in [6.45, 7) is 1.54. The van der Waals surface area contributed by atoms with E-state index in [1.54, 1.807) is 18.5 Å². The van der Waals surface area contributed by atoms with E-state index in [2.05, 4.69) is 31.1 Å². The van der Waals surface area contributed by atoms with E-state index in [9.17, 15) is 9.59 Å². The number of carbonyl (C=O) groups is 1. The highest BCUT2D eigenvalue weighted by Gasteiger charge is 2.28. The van der Waals surface area contributed by atoms with E-state index < -0.39 is 0 Å². The van der Waals surface area contributed by atoms with Gasteiger partial charge in [0.1, 0.15) is 0 Å². The minimum Gasteiger partial charge on any atom is -0.368 e. The highest BCUT2D eigenvalue weighted by Crippen LogP contribution is 2.27. The summed E-state index contributed by atoms with van der Waals surface area (Å²) < 4.78 is 0. The van der Waals surface area contributed by atoms with Crippen molar-refractivity contribution in [2.45, 2.75) is 25.4 Å². The third-order valence-electron chi connectivity index (χ3n) is 5.83. The van der Waals surface area contributed by atoms with Crippen LogP contribution in [0.1, 0.15) is 18.4 Å². The number of nitrogens with two attached hydrogens (primary N) is 1. The molecule has 1 amide bonds. The molecule has 1 saturated heterocycles. The predicted molar refractivity (Wildman–Crippen MR) is 118 cm³/mol. The number of hydrogen-bond acceptors (Lipinski definition) is 5. The molecule has 1 aromatic carbocycles. The lowest BCUT2D eigenvalue weighted by Crippen LogP contribution is -2.39. The molecule has 3 aromatic heterocycles. The van der Waals surface area contributed by atoms with E-state index in [0.717, 1.165) is 47.1 Å². The first-order chi connectivity index (χ1) is 15.1. The number of nitrogens with one attached hydrogen (secondary N) is 2. The quantitative estimate of drug-likeness (QED) is 0.463. The van der Waals surface area contributed by atoms with E-state index >= 15 is 0 Å². The van der Waals surface area contributed by atoms with Crippen LogP contribution in [-0.2, 0) is 11.3 Å². The average Bonchev–Trinajstić information content (AvgIpc) is 3.41. The van der Waals surface area contributed by atoms with Gasteiger partial charge in [0.05, 0.1) is 23.0 Å². The summed E-state index contributed by atoms with van der Waals surface area (Å²) in [6.07, 6.45) is 5.18. The van der Waals surface area contributed by atoms with Crippen molar-refractivity contribution in [3.8, 4) is 22.5 Å². The van der Waals surface area contributed by atoms with Crippen molar-refractivity contribution >= 4 is 16.8 Å². The van der Waals surface area contributed by atoms with Crippen molar-refractivity contribution in [2.75, 3.05) is 6.54 Å². The summed E-state index contributed by atoms with van der Waals surface area (Å²) in [6, 6.07) is 13.4. The molecule has 8 heteroatoms. The van der Waals surface area contributed by atoms with Gasteiger partial charge in [0.2, 0.25) is 5.91 Å². The predicted octanol–water partition coefficient (Wildman–Crippen LogP) is 2.43. The Labute approximate surface area is 178 Å². The van der Waals surface area contributed by atoms with E-state index in [0.29, 0.717) is 17.8 Å². The number of rotatable bonds is 5. The number of benzene rings is 1. The van der Waals surface area contributed by atoms with Crippen molar-refractivity contribution in [3.05, 3.63) is 70.8 Å². The number of fused-ring (bicyclic) bond motifs is 1. The fourth-order valence-electron chi connectivity index (χ4n) is 4.27. The maximum absolute atomic E-state index is 12.5. The molecule has 4 aromatic rings. The second kappa shape index (κ2) is 7.81. The summed E-state index contributed by atoms with van der Waals surface area (Å²) in [7, 11) is 0. The molecule has 1 aliphatic rings. The van der Waals surface area contributed by atoms with Gasteiger partial charge in [-0.05, 0) is 61.3 Å². The van der Waals surface area contributed by atoms with Crippen LogP contribution in [0.5, 0.6) is 0 Å². The number of carbonyl (C=O) groups excluding carboxylic acids is 1. The molecule has 5 rings (SSSR count). The highest BCUT2D eigenvalue weighted by atomic mass is 16.1. The topological polar surface area (TPSA) is 121 Å². The second-order valence-corrected chi connectivity index (χ2v) is 7.87. The Morgan fingerprint density at radius 2 is 2.00 bits per heavy atom. The van der Waals surface area contributed by atoms with E-state index in [1.807, 2.05) is 30.3 Å². The number of pyridine rings is 1. The molecule has 0 unspecified atom stereocenters. The number of hydrogen-bond donors (Lipinski definition) is 3. The average molecular weight is 414 g/mol. The fourth-order valence-corrected chi connectivity index (χ4v) is 4.27. The summed E-state index contributed by atoms with van der Waals surface area (Å²) in [5, 5.41) is 7.75. The number of amides is 1. The summed E-state index contributed by atoms with van der Waals surface area (Å²) in [4.78, 5) is 33.6. The molecule has 31 heavy (non-hydrogen) atoms. The first kappa shape index (κ1) is 19.2. The van der Waals surface area contributed by atoms with Gasteiger partial charge in [-0.3, -0.25) is 19.5 Å². The molecular formula is C23H22N6O2. The number of H-pyrrole nitrogens is 2. The van der Waals surface area contributed by atoms with Gasteiger partial charge in [-0.15, -0.1) is 0 Å². The van der Waals surface area contributed by atoms with Gasteiger partial charge >= 0.3 is 0 Å². The van der Waals surface area contributed by atoms with Crippen LogP contribution in [0.4, 0.5) is 0 Å². The molecule has 156 valence electrons. The minimum absolute atomic E-state index is 0.195. The Bertz CT molecular complexity index is 1310. The lowest BCUT2D eigenvalue weighted by molar-refractivity contribution is -0.122. The minimum atomic E-state index is -0.260. The van der Waals surface area contributed by atoms with Crippen molar-refractivity contribution in [1.82, 2.24) is 25.1 Å². The van der Waals surface area contributed by atoms with Crippen LogP contribution in [0.2, 0.25) is 0 Å². The maximum Gasteiger partial charge on any atom is 0.273 e. The number of likely N-dealkylation sites (tertiary alicyclic amines) is 1. The Kier molecular flexibility index (Phi) is 4.83. The van der Waals surface area contributed by atoms with Gasteiger partial charge in [0, 0.05) is 35.4 Å². The van der Waals surface area contributed by atoms with Gasteiger partial charge < -0.3 is 10.7 Å². The zero-order chi connectivity index (χ0) is 21.4. The summed E-state index contributed by atoms with van der Waals surface area (Å²) >= 11 is 0. The van der Waals surface area contributed by atoms with Gasteiger partial charge in [-0.1, -0.05) is 6.07 Å². The molecule has 0 saturated carbocycles. The number of primary amides is 1. The third-order valence-corrected chi connectivity index (χ3v) is 5.83. The molecule has 4 heterocycles. The zero-order valence-electron chi connectivity index (χ0n) is 16.8. The number of aromatic amines is 2. The molecule has 1 aliphatic heterocycles. The molecule has 4 N–H and O–H groups in total. The standard InChI is InChI=1S/C23H22N6O2/c24-22(30)21-2-1-9-29(21)13-14-3-4-18-16(10-14)11-20(26-18)17-12-19(27-28-23(17)31)15-5-7-25-8-6-15/h3-8,10-12,21,26H,1-2,9,13H2,(H2,24,30)(H,28,31)/t21-/m0/s1. The Balaban J connectivity index is 1.47. The van der Waals surface area contributed by atoms with Crippen LogP contribution in [0.3, 0.4) is 0 Å². The second-order valence-electron chi connectivity index (χ2n) is 7.87. The molecule has 1 atom stereocenters. The van der Waals surface area contributed by atoms with Crippen LogP contribution < -0.4 is 11.3 Å². The SMILES string of the molecule is NC(=O)[C@@H]1CCCN1Cc1ccc2[nH]c(-c3cc(-c4ccncc4)n[nH]c3=O)cc2c1. The zero-order valence-corrected chi connectivity index (χ0v) is 16.8. The van der Waals surface area contributed by atoms with Crippen LogP contribution in [0.15, 0.2) is 59.7 Å². The van der Waals surface area contributed by atoms with Gasteiger partial charge in [-0.2, -0.15) is 5.10 Å². The van der Waals surface area contributed by atoms with Crippen LogP contribution in [-0.4, -0.2) is 43.6 Å². The smallest absolute Gasteiger partial charge is 0.273 e. The lowest BCUT2D eigenvalue weighted by Gasteiger charge is -2.21. The highest BCUT2D eigenvalue weighted by molar-refractivity contribution is 5.86. The molecule has 0 spiro atoms. The summed E-state index contributed by atoms with van der Waals surface area (Å²) in [5.41, 5.74) is 10.1. The largest absolute Gasteiger partial charge is 0.368 e. The maximum atomic E-state index is 12.5. The molecule has 0 bridgehead atoms. The van der Waals surface area contributed by atoms with E-state index in [1.165, 1.54) is 0 Å². The van der Waals surface area contributed by atoms with Crippen molar-refractivity contribution in [3.63, 3.8) is 0 Å². The molecule has 0 aliphatic carbocycles. The monoisotopic (exact) mass is 414 g/mol. The Morgan fingerprint density at radius 1 is 1.16 bits per heavy atom. The number of nitrogens with zero attached hydrogens (tertiary/aromatic N) is 3. The van der Waals surface area contributed by atoms with Crippen molar-refractivity contribution < 1.29 is 4.79 Å². The molecule has 8 nitrogen and oxygen atoms in total. The lowest BCUT2D eigenvalue weighted by atomic mass is 10.1. The normalized spacial score (nSPS) is 16.7. The Hall–Kier alpha value is -3.78. The van der Waals surface area contributed by atoms with Crippen molar-refractivity contribution in [2.24, 2.45) is 5.73 Å². The van der Waals surface area contributed by atoms with Gasteiger partial charge in [0.25, 0.3) is 5.56 Å². The van der Waals surface area contributed by atoms with Crippen molar-refractivity contribution in [1.29, 1.82) is 0 Å². The fraction of sp³-hybridized carbons (Fsp3) is 0.217. The van der Waals surface area contributed by atoms with Gasteiger partial charge in [-0.25, -0.2) is 5.10 Å². The van der Waals surface area contributed by atoms with E-state index in [4.69, 9.17) is 5.73 Å². The van der Waals surface area contributed by atoms with Crippen LogP contribution in [0.25, 0.3) is 33.4 Å². The Morgan fingerprint density at radius 3 is 2.81 bits per heavy atom. The van der Waals surface area contributed by atoms with Crippen LogP contribution in [0, 0.1) is 0 Å². The van der Waals surface area contributed by atoms with E-state index in [-0.39, 0.29) is 17.5 Å². The first-order valence-corrected chi connectivity index (χ1v) is 10.2. The van der Waals surface area contributed by atoms with Gasteiger partial charge in [0.15, 0.2) is 0 Å². The first-order valence-electron chi connectivity index (χ1n) is 10.2. The number of aromatic nitrogens is 4. The molecule has 1 fully saturated rings. The molecular weight excluding hydrogens is 392 g/mol. The molecule has 0 radical (unpaired) electrons.